The Morgan fingerprint density at radius 2 is 2.21 bits per heavy atom. The van der Waals surface area contributed by atoms with Gasteiger partial charge in [0, 0.05) is 6.20 Å². The first-order chi connectivity index (χ1) is 6.59. The minimum Gasteiger partial charge on any atom is -0.324 e. The predicted molar refractivity (Wildman–Crippen MR) is 52.9 cm³/mol. The molecule has 1 amide bonds. The van der Waals surface area contributed by atoms with Crippen molar-refractivity contribution in [3.8, 4) is 0 Å². The Labute approximate surface area is 82.3 Å². The second kappa shape index (κ2) is 4.50. The number of hydrogen-bond acceptors (Lipinski definition) is 3. The van der Waals surface area contributed by atoms with Crippen LogP contribution in [0.3, 0.4) is 0 Å². The zero-order chi connectivity index (χ0) is 10.6. The largest absolute Gasteiger partial charge is 0.324 e. The molecule has 0 spiro atoms. The lowest BCUT2D eigenvalue weighted by molar-refractivity contribution is -0.124. The van der Waals surface area contributed by atoms with Crippen LogP contribution in [0.2, 0.25) is 0 Å². The van der Waals surface area contributed by atoms with Crippen molar-refractivity contribution in [2.75, 3.05) is 5.32 Å². The van der Waals surface area contributed by atoms with Crippen LogP contribution in [-0.4, -0.2) is 16.7 Å². The van der Waals surface area contributed by atoms with Gasteiger partial charge in [-0.15, -0.1) is 0 Å². The maximum Gasteiger partial charge on any atom is 0.231 e. The Balaban J connectivity index is 2.65. The average molecular weight is 192 g/mol. The van der Waals surface area contributed by atoms with E-state index in [0.717, 1.165) is 5.69 Å². The van der Waals surface area contributed by atoms with Crippen molar-refractivity contribution in [2.24, 2.45) is 0 Å². The predicted octanol–water partition coefficient (Wildman–Crippen LogP) is 1.31. The first-order valence-corrected chi connectivity index (χ1v) is 4.30. The van der Waals surface area contributed by atoms with E-state index in [2.05, 4.69) is 10.3 Å². The molecule has 0 aliphatic rings. The van der Waals surface area contributed by atoms with Gasteiger partial charge in [-0.25, -0.2) is 0 Å². The van der Waals surface area contributed by atoms with E-state index in [1.165, 1.54) is 6.92 Å². The second-order valence-electron chi connectivity index (χ2n) is 3.06. The Morgan fingerprint density at radius 3 is 2.79 bits per heavy atom. The van der Waals surface area contributed by atoms with Gasteiger partial charge in [0.2, 0.25) is 5.91 Å². The SMILES string of the molecule is CC(=O)CC(=O)Nc1cccnc1C. The normalized spacial score (nSPS) is 9.57. The zero-order valence-corrected chi connectivity index (χ0v) is 8.20. The lowest BCUT2D eigenvalue weighted by atomic mass is 10.2. The molecule has 0 saturated heterocycles. The molecule has 14 heavy (non-hydrogen) atoms. The molecule has 0 aliphatic carbocycles. The van der Waals surface area contributed by atoms with Crippen LogP contribution in [0.25, 0.3) is 0 Å². The summed E-state index contributed by atoms with van der Waals surface area (Å²) in [5, 5.41) is 2.62. The molecule has 1 aromatic heterocycles. The number of anilines is 1. The zero-order valence-electron chi connectivity index (χ0n) is 8.20. The molecule has 1 N–H and O–H groups in total. The lowest BCUT2D eigenvalue weighted by Crippen LogP contribution is -2.15. The van der Waals surface area contributed by atoms with Crippen LogP contribution in [0.1, 0.15) is 19.0 Å². The molecule has 0 radical (unpaired) electrons. The summed E-state index contributed by atoms with van der Waals surface area (Å²) in [6.45, 7) is 3.18. The molecule has 0 aromatic carbocycles. The van der Waals surface area contributed by atoms with Crippen molar-refractivity contribution in [1.29, 1.82) is 0 Å². The van der Waals surface area contributed by atoms with Gasteiger partial charge in [-0.3, -0.25) is 14.6 Å². The molecule has 0 saturated carbocycles. The molecule has 0 fully saturated rings. The third-order valence-corrected chi connectivity index (χ3v) is 1.69. The number of aromatic nitrogens is 1. The van der Waals surface area contributed by atoms with Crippen molar-refractivity contribution in [1.82, 2.24) is 4.98 Å². The van der Waals surface area contributed by atoms with Crippen LogP contribution in [0.15, 0.2) is 18.3 Å². The highest BCUT2D eigenvalue weighted by Gasteiger charge is 2.06. The van der Waals surface area contributed by atoms with Crippen molar-refractivity contribution in [3.63, 3.8) is 0 Å². The molecular formula is C10H12N2O2. The van der Waals surface area contributed by atoms with E-state index in [4.69, 9.17) is 0 Å². The first-order valence-electron chi connectivity index (χ1n) is 4.30. The number of pyridine rings is 1. The monoisotopic (exact) mass is 192 g/mol. The fraction of sp³-hybridized carbons (Fsp3) is 0.300. The van der Waals surface area contributed by atoms with Gasteiger partial charge in [0.05, 0.1) is 17.8 Å². The summed E-state index contributed by atoms with van der Waals surface area (Å²) >= 11 is 0. The highest BCUT2D eigenvalue weighted by Crippen LogP contribution is 2.10. The second-order valence-corrected chi connectivity index (χ2v) is 3.06. The minimum atomic E-state index is -0.298. The van der Waals surface area contributed by atoms with Crippen molar-refractivity contribution in [2.45, 2.75) is 20.3 Å². The highest BCUT2D eigenvalue weighted by atomic mass is 16.2. The molecule has 0 unspecified atom stereocenters. The van der Waals surface area contributed by atoms with Crippen LogP contribution < -0.4 is 5.32 Å². The molecule has 74 valence electrons. The van der Waals surface area contributed by atoms with E-state index in [1.54, 1.807) is 25.3 Å². The quantitative estimate of drug-likeness (QED) is 0.734. The number of ketones is 1. The summed E-state index contributed by atoms with van der Waals surface area (Å²) in [6.07, 6.45) is 1.56. The number of rotatable bonds is 3. The molecule has 0 aliphatic heterocycles. The summed E-state index contributed by atoms with van der Waals surface area (Å²) in [6, 6.07) is 3.48. The summed E-state index contributed by atoms with van der Waals surface area (Å²) < 4.78 is 0. The molecule has 1 heterocycles. The van der Waals surface area contributed by atoms with E-state index in [-0.39, 0.29) is 18.1 Å². The summed E-state index contributed by atoms with van der Waals surface area (Å²) in [5.74, 6) is -0.447. The third kappa shape index (κ3) is 2.97. The first kappa shape index (κ1) is 10.4. The maximum absolute atomic E-state index is 11.2. The Hall–Kier alpha value is -1.71. The van der Waals surface area contributed by atoms with Crippen molar-refractivity contribution < 1.29 is 9.59 Å². The summed E-state index contributed by atoms with van der Waals surface area (Å²) in [5.41, 5.74) is 1.39. The molecule has 4 heteroatoms. The minimum absolute atomic E-state index is 0.0890. The Bertz CT molecular complexity index is 361. The summed E-state index contributed by atoms with van der Waals surface area (Å²) in [7, 11) is 0. The topological polar surface area (TPSA) is 59.1 Å². The van der Waals surface area contributed by atoms with E-state index in [1.807, 2.05) is 0 Å². The van der Waals surface area contributed by atoms with Crippen LogP contribution in [0.5, 0.6) is 0 Å². The maximum atomic E-state index is 11.2. The average Bonchev–Trinajstić information content (AvgIpc) is 2.07. The van der Waals surface area contributed by atoms with Crippen LogP contribution in [0, 0.1) is 6.92 Å². The number of amides is 1. The molecule has 0 atom stereocenters. The van der Waals surface area contributed by atoms with Crippen LogP contribution >= 0.6 is 0 Å². The smallest absolute Gasteiger partial charge is 0.231 e. The molecule has 1 aromatic rings. The van der Waals surface area contributed by atoms with Crippen LogP contribution in [0.4, 0.5) is 5.69 Å². The number of nitrogens with one attached hydrogen (secondary N) is 1. The van der Waals surface area contributed by atoms with Gasteiger partial charge in [-0.05, 0) is 26.0 Å². The molecule has 4 nitrogen and oxygen atoms in total. The van der Waals surface area contributed by atoms with Gasteiger partial charge in [0.1, 0.15) is 5.78 Å². The highest BCUT2D eigenvalue weighted by molar-refractivity contribution is 6.03. The number of hydrogen-bond donors (Lipinski definition) is 1. The third-order valence-electron chi connectivity index (χ3n) is 1.69. The van der Waals surface area contributed by atoms with E-state index < -0.39 is 0 Å². The van der Waals surface area contributed by atoms with E-state index in [9.17, 15) is 9.59 Å². The van der Waals surface area contributed by atoms with Gasteiger partial charge in [-0.2, -0.15) is 0 Å². The van der Waals surface area contributed by atoms with Gasteiger partial charge in [0.15, 0.2) is 0 Å². The fourth-order valence-corrected chi connectivity index (χ4v) is 1.04. The molecule has 1 rings (SSSR count). The van der Waals surface area contributed by atoms with Crippen molar-refractivity contribution in [3.05, 3.63) is 24.0 Å². The van der Waals surface area contributed by atoms with E-state index >= 15 is 0 Å². The number of carbonyl (C=O) groups excluding carboxylic acids is 2. The number of carbonyl (C=O) groups is 2. The fourth-order valence-electron chi connectivity index (χ4n) is 1.04. The van der Waals surface area contributed by atoms with Gasteiger partial charge < -0.3 is 5.32 Å². The molecule has 0 bridgehead atoms. The summed E-state index contributed by atoms with van der Waals surface area (Å²) in [4.78, 5) is 25.9. The Kier molecular flexibility index (Phi) is 3.34. The number of aryl methyl sites for hydroxylation is 1. The van der Waals surface area contributed by atoms with E-state index in [0.29, 0.717) is 5.69 Å². The van der Waals surface area contributed by atoms with Gasteiger partial charge in [0.25, 0.3) is 0 Å². The van der Waals surface area contributed by atoms with Crippen LogP contribution in [-0.2, 0) is 9.59 Å². The van der Waals surface area contributed by atoms with Gasteiger partial charge >= 0.3 is 0 Å². The molecular weight excluding hydrogens is 180 g/mol. The number of nitrogens with zero attached hydrogens (tertiary/aromatic N) is 1. The van der Waals surface area contributed by atoms with Crippen molar-refractivity contribution >= 4 is 17.4 Å². The lowest BCUT2D eigenvalue weighted by Gasteiger charge is -2.05. The Morgan fingerprint density at radius 1 is 1.50 bits per heavy atom. The number of Topliss-reactive ketones (excluding diaryl/α,β-unsaturated/α-hetero) is 1. The van der Waals surface area contributed by atoms with Gasteiger partial charge in [-0.1, -0.05) is 0 Å². The standard InChI is InChI=1S/C10H12N2O2/c1-7(13)6-10(14)12-9-4-3-5-11-8(9)2/h3-5H,6H2,1-2H3,(H,12,14).